The number of halogens is 1. The Morgan fingerprint density at radius 3 is 2.75 bits per heavy atom. The molecule has 1 unspecified atom stereocenters. The summed E-state index contributed by atoms with van der Waals surface area (Å²) in [6.07, 6.45) is 6.46. The van der Waals surface area contributed by atoms with Crippen molar-refractivity contribution in [2.75, 3.05) is 13.2 Å². The van der Waals surface area contributed by atoms with Crippen LogP contribution >= 0.6 is 11.6 Å². The van der Waals surface area contributed by atoms with Crippen LogP contribution in [0.2, 0.25) is 5.02 Å². The van der Waals surface area contributed by atoms with Crippen LogP contribution in [0.5, 0.6) is 5.75 Å². The molecule has 6 nitrogen and oxygen atoms in total. The maximum atomic E-state index is 6.50. The van der Waals surface area contributed by atoms with Gasteiger partial charge in [0.25, 0.3) is 6.02 Å². The van der Waals surface area contributed by atoms with Crippen molar-refractivity contribution < 1.29 is 14.2 Å². The molecule has 170 valence electrons. The fourth-order valence-corrected chi connectivity index (χ4v) is 5.30. The van der Waals surface area contributed by atoms with Gasteiger partial charge in [0.2, 0.25) is 0 Å². The summed E-state index contributed by atoms with van der Waals surface area (Å²) < 4.78 is 18.6. The fraction of sp³-hybridized carbons (Fsp3) is 0.520. The van der Waals surface area contributed by atoms with Gasteiger partial charge in [0, 0.05) is 29.4 Å². The van der Waals surface area contributed by atoms with E-state index in [1.54, 1.807) is 6.20 Å². The number of nitrogens with zero attached hydrogens (tertiary/aromatic N) is 2. The monoisotopic (exact) mass is 455 g/mol. The molecule has 3 heterocycles. The van der Waals surface area contributed by atoms with Crippen molar-refractivity contribution in [2.45, 2.75) is 57.8 Å². The lowest BCUT2D eigenvalue weighted by molar-refractivity contribution is -0.0757. The molecular weight excluding hydrogens is 426 g/mol. The number of aliphatic imine (C=N–C) groups is 1. The number of pyridine rings is 1. The topological polar surface area (TPSA) is 79.0 Å². The molecule has 7 heteroatoms. The van der Waals surface area contributed by atoms with Crippen LogP contribution in [0.25, 0.3) is 11.1 Å². The number of aromatic nitrogens is 1. The summed E-state index contributed by atoms with van der Waals surface area (Å²) in [4.78, 5) is 9.13. The number of amidine groups is 1. The van der Waals surface area contributed by atoms with Crippen LogP contribution in [0, 0.1) is 11.3 Å². The molecule has 2 aliphatic heterocycles. The SMILES string of the molecule is CC(C)(C)CO[C@H]1CCC2Oc3ccc(-c4cncc(Cl)c4)cc3[C@]3(COC(N)=N3)[C@H]2C1. The van der Waals surface area contributed by atoms with Crippen LogP contribution in [0.4, 0.5) is 0 Å². The Morgan fingerprint density at radius 1 is 1.19 bits per heavy atom. The van der Waals surface area contributed by atoms with Crippen molar-refractivity contribution in [3.05, 3.63) is 47.2 Å². The predicted octanol–water partition coefficient (Wildman–Crippen LogP) is 4.93. The van der Waals surface area contributed by atoms with Crippen molar-refractivity contribution >= 4 is 17.6 Å². The minimum Gasteiger partial charge on any atom is -0.490 e. The third-order valence-electron chi connectivity index (χ3n) is 6.62. The Hall–Kier alpha value is -2.31. The molecule has 1 aromatic carbocycles. The zero-order valence-corrected chi connectivity index (χ0v) is 19.6. The molecule has 1 aromatic heterocycles. The molecule has 3 aliphatic rings. The molecule has 1 spiro atoms. The highest BCUT2D eigenvalue weighted by Gasteiger charge is 2.55. The first-order chi connectivity index (χ1) is 15.2. The van der Waals surface area contributed by atoms with E-state index in [0.29, 0.717) is 11.6 Å². The number of hydrogen-bond donors (Lipinski definition) is 1. The standard InChI is InChI=1S/C25H30ClN3O3/c1-24(2,3)13-30-18-5-7-22-20(10-18)25(14-31-23(27)29-25)19-9-15(4-6-21(19)32-22)16-8-17(26)12-28-11-16/h4,6,8-9,11-12,18,20,22H,5,7,10,13-14H2,1-3H3,(H2,27,29)/t18-,20-,22?,25+/m0/s1. The molecular formula is C25H30ClN3O3. The third-order valence-corrected chi connectivity index (χ3v) is 6.82. The Morgan fingerprint density at radius 2 is 2.03 bits per heavy atom. The molecule has 5 rings (SSSR count). The number of nitrogens with two attached hydrogens (primary N) is 1. The van der Waals surface area contributed by atoms with Gasteiger partial charge in [0.1, 0.15) is 24.0 Å². The first-order valence-electron chi connectivity index (χ1n) is 11.3. The molecule has 0 radical (unpaired) electrons. The van der Waals surface area contributed by atoms with E-state index in [2.05, 4.69) is 31.8 Å². The minimum atomic E-state index is -0.575. The highest BCUT2D eigenvalue weighted by Crippen LogP contribution is 2.53. The van der Waals surface area contributed by atoms with E-state index in [-0.39, 0.29) is 29.6 Å². The van der Waals surface area contributed by atoms with E-state index in [9.17, 15) is 0 Å². The van der Waals surface area contributed by atoms with Crippen molar-refractivity contribution in [2.24, 2.45) is 22.1 Å². The molecule has 0 bridgehead atoms. The summed E-state index contributed by atoms with van der Waals surface area (Å²) in [5, 5.41) is 0.601. The lowest BCUT2D eigenvalue weighted by atomic mass is 9.67. The lowest BCUT2D eigenvalue weighted by Gasteiger charge is -2.48. The van der Waals surface area contributed by atoms with E-state index in [1.165, 1.54) is 0 Å². The van der Waals surface area contributed by atoms with Gasteiger partial charge in [0.15, 0.2) is 0 Å². The Labute approximate surface area is 194 Å². The summed E-state index contributed by atoms with van der Waals surface area (Å²) in [7, 11) is 0. The number of ether oxygens (including phenoxy) is 3. The van der Waals surface area contributed by atoms with Crippen LogP contribution < -0.4 is 10.5 Å². The Balaban J connectivity index is 1.52. The molecule has 2 N–H and O–H groups in total. The first kappa shape index (κ1) is 21.5. The van der Waals surface area contributed by atoms with Gasteiger partial charge in [-0.1, -0.05) is 38.4 Å². The number of benzene rings is 1. The van der Waals surface area contributed by atoms with Gasteiger partial charge in [-0.25, -0.2) is 4.99 Å². The largest absolute Gasteiger partial charge is 0.490 e. The minimum absolute atomic E-state index is 0.0638. The average Bonchev–Trinajstić information content (AvgIpc) is 3.14. The summed E-state index contributed by atoms with van der Waals surface area (Å²) in [6, 6.07) is 8.35. The summed E-state index contributed by atoms with van der Waals surface area (Å²) in [5.41, 5.74) is 8.59. The Bertz CT molecular complexity index is 1050. The van der Waals surface area contributed by atoms with Gasteiger partial charge >= 0.3 is 0 Å². The number of hydrogen-bond acceptors (Lipinski definition) is 6. The summed E-state index contributed by atoms with van der Waals surface area (Å²) >= 11 is 6.19. The average molecular weight is 456 g/mol. The van der Waals surface area contributed by atoms with Gasteiger partial charge in [0.05, 0.1) is 17.7 Å². The molecule has 1 saturated carbocycles. The van der Waals surface area contributed by atoms with E-state index in [4.69, 9.17) is 36.5 Å². The van der Waals surface area contributed by atoms with Crippen LogP contribution in [-0.2, 0) is 15.0 Å². The van der Waals surface area contributed by atoms with Gasteiger partial charge < -0.3 is 19.9 Å². The van der Waals surface area contributed by atoms with Crippen LogP contribution in [0.15, 0.2) is 41.7 Å². The molecule has 32 heavy (non-hydrogen) atoms. The highest BCUT2D eigenvalue weighted by atomic mass is 35.5. The van der Waals surface area contributed by atoms with E-state index < -0.39 is 5.54 Å². The smallest absolute Gasteiger partial charge is 0.283 e. The number of fused-ring (bicyclic) bond motifs is 4. The van der Waals surface area contributed by atoms with Gasteiger partial charge in [-0.15, -0.1) is 0 Å². The van der Waals surface area contributed by atoms with Crippen LogP contribution in [0.1, 0.15) is 45.6 Å². The van der Waals surface area contributed by atoms with Crippen LogP contribution in [0.3, 0.4) is 0 Å². The van der Waals surface area contributed by atoms with Crippen molar-refractivity contribution in [1.29, 1.82) is 0 Å². The van der Waals surface area contributed by atoms with Crippen molar-refractivity contribution in [3.63, 3.8) is 0 Å². The summed E-state index contributed by atoms with van der Waals surface area (Å²) in [6.45, 7) is 7.74. The van der Waals surface area contributed by atoms with E-state index in [0.717, 1.165) is 48.3 Å². The second-order valence-electron chi connectivity index (χ2n) is 10.3. The highest BCUT2D eigenvalue weighted by molar-refractivity contribution is 6.30. The second-order valence-corrected chi connectivity index (χ2v) is 10.8. The van der Waals surface area contributed by atoms with E-state index >= 15 is 0 Å². The zero-order valence-electron chi connectivity index (χ0n) is 18.8. The predicted molar refractivity (Wildman–Crippen MR) is 125 cm³/mol. The second kappa shape index (κ2) is 7.92. The third kappa shape index (κ3) is 3.95. The molecule has 1 fully saturated rings. The van der Waals surface area contributed by atoms with Crippen molar-refractivity contribution in [1.82, 2.24) is 4.98 Å². The van der Waals surface area contributed by atoms with Crippen molar-refractivity contribution in [3.8, 4) is 16.9 Å². The van der Waals surface area contributed by atoms with E-state index in [1.807, 2.05) is 24.4 Å². The molecule has 2 aromatic rings. The van der Waals surface area contributed by atoms with Gasteiger partial charge in [-0.3, -0.25) is 4.98 Å². The molecule has 0 amide bonds. The maximum absolute atomic E-state index is 6.50. The lowest BCUT2D eigenvalue weighted by Crippen LogP contribution is -2.52. The molecule has 4 atom stereocenters. The van der Waals surface area contributed by atoms with Gasteiger partial charge in [-0.2, -0.15) is 0 Å². The first-order valence-corrected chi connectivity index (χ1v) is 11.6. The van der Waals surface area contributed by atoms with Crippen LogP contribution in [-0.4, -0.2) is 36.4 Å². The fourth-order valence-electron chi connectivity index (χ4n) is 5.12. The quantitative estimate of drug-likeness (QED) is 0.709. The zero-order chi connectivity index (χ0) is 22.5. The Kier molecular flexibility index (Phi) is 5.33. The number of rotatable bonds is 3. The summed E-state index contributed by atoms with van der Waals surface area (Å²) in [5.74, 6) is 0.976. The normalized spacial score (nSPS) is 29.0. The molecule has 1 aliphatic carbocycles. The van der Waals surface area contributed by atoms with Gasteiger partial charge in [-0.05, 0) is 48.4 Å². The maximum Gasteiger partial charge on any atom is 0.283 e. The molecule has 0 saturated heterocycles.